The third-order valence-electron chi connectivity index (χ3n) is 4.35. The van der Waals surface area contributed by atoms with Gasteiger partial charge in [0.1, 0.15) is 0 Å². The summed E-state index contributed by atoms with van der Waals surface area (Å²) in [5.74, 6) is -1.88. The predicted octanol–water partition coefficient (Wildman–Crippen LogP) is 1.87. The Balaban J connectivity index is 1.51. The van der Waals surface area contributed by atoms with E-state index in [9.17, 15) is 9.59 Å². The van der Waals surface area contributed by atoms with Crippen LogP contribution in [0.3, 0.4) is 0 Å². The van der Waals surface area contributed by atoms with E-state index in [4.69, 9.17) is 5.11 Å². The zero-order valence-electron chi connectivity index (χ0n) is 13.8. The number of nitrogens with one attached hydrogen (secondary N) is 1. The van der Waals surface area contributed by atoms with Crippen LogP contribution in [0.4, 0.5) is 0 Å². The Kier molecular flexibility index (Phi) is 4.38. The van der Waals surface area contributed by atoms with Crippen molar-refractivity contribution in [1.29, 1.82) is 0 Å². The van der Waals surface area contributed by atoms with Gasteiger partial charge in [0, 0.05) is 12.2 Å². The number of amides is 1. The molecule has 0 aliphatic heterocycles. The van der Waals surface area contributed by atoms with Crippen LogP contribution in [0.1, 0.15) is 23.4 Å². The van der Waals surface area contributed by atoms with Gasteiger partial charge in [-0.15, -0.1) is 0 Å². The first-order chi connectivity index (χ1) is 11.5. The smallest absolute Gasteiger partial charge is 0.307 e. The van der Waals surface area contributed by atoms with Gasteiger partial charge >= 0.3 is 5.97 Å². The van der Waals surface area contributed by atoms with Crippen molar-refractivity contribution < 1.29 is 14.7 Å². The maximum Gasteiger partial charge on any atom is 0.307 e. The van der Waals surface area contributed by atoms with E-state index in [-0.39, 0.29) is 11.8 Å². The molecular formula is C18H21N3O3. The molecule has 2 aromatic rings. The highest BCUT2D eigenvalue weighted by atomic mass is 16.4. The molecule has 1 aliphatic carbocycles. The van der Waals surface area contributed by atoms with Crippen molar-refractivity contribution in [2.75, 3.05) is 6.54 Å². The molecule has 0 bridgehead atoms. The second-order valence-corrected chi connectivity index (χ2v) is 6.33. The molecule has 1 aliphatic rings. The van der Waals surface area contributed by atoms with Crippen LogP contribution >= 0.6 is 0 Å². The number of carboxylic acid groups (broad SMARTS) is 1. The summed E-state index contributed by atoms with van der Waals surface area (Å²) in [4.78, 5) is 22.6. The molecular weight excluding hydrogens is 306 g/mol. The van der Waals surface area contributed by atoms with Gasteiger partial charge in [-0.1, -0.05) is 12.1 Å². The van der Waals surface area contributed by atoms with Gasteiger partial charge in [-0.25, -0.2) is 4.68 Å². The minimum Gasteiger partial charge on any atom is -0.481 e. The van der Waals surface area contributed by atoms with Crippen molar-refractivity contribution in [3.05, 3.63) is 47.3 Å². The van der Waals surface area contributed by atoms with Crippen LogP contribution in [0, 0.1) is 25.7 Å². The Hall–Kier alpha value is -2.63. The van der Waals surface area contributed by atoms with Gasteiger partial charge < -0.3 is 10.4 Å². The molecule has 2 atom stereocenters. The lowest BCUT2D eigenvalue weighted by atomic mass is 10.1. The van der Waals surface area contributed by atoms with Crippen LogP contribution in [-0.4, -0.2) is 33.3 Å². The molecule has 1 fully saturated rings. The molecule has 0 saturated heterocycles. The maximum atomic E-state index is 11.8. The third kappa shape index (κ3) is 3.48. The summed E-state index contributed by atoms with van der Waals surface area (Å²) in [7, 11) is 0. The van der Waals surface area contributed by atoms with E-state index in [0.717, 1.165) is 22.6 Å². The molecule has 6 nitrogen and oxygen atoms in total. The summed E-state index contributed by atoms with van der Waals surface area (Å²) in [5, 5.41) is 16.1. The molecule has 126 valence electrons. The van der Waals surface area contributed by atoms with Crippen LogP contribution < -0.4 is 5.32 Å². The van der Waals surface area contributed by atoms with Gasteiger partial charge in [-0.3, -0.25) is 9.59 Å². The second kappa shape index (κ2) is 6.47. The molecule has 2 N–H and O–H groups in total. The summed E-state index contributed by atoms with van der Waals surface area (Å²) in [5.41, 5.74) is 4.20. The molecule has 0 spiro atoms. The van der Waals surface area contributed by atoms with Gasteiger partial charge in [-0.05, 0) is 50.5 Å². The van der Waals surface area contributed by atoms with Gasteiger partial charge in [0.2, 0.25) is 5.91 Å². The first kappa shape index (κ1) is 16.2. The number of rotatable bonds is 6. The number of carboxylic acids is 1. The number of aliphatic carboxylic acids is 1. The van der Waals surface area contributed by atoms with Crippen molar-refractivity contribution in [1.82, 2.24) is 15.1 Å². The Morgan fingerprint density at radius 1 is 1.25 bits per heavy atom. The fourth-order valence-electron chi connectivity index (χ4n) is 2.91. The van der Waals surface area contributed by atoms with Crippen LogP contribution in [-0.2, 0) is 16.0 Å². The van der Waals surface area contributed by atoms with E-state index in [0.29, 0.717) is 19.4 Å². The lowest BCUT2D eigenvalue weighted by Crippen LogP contribution is -2.28. The average Bonchev–Trinajstić information content (AvgIpc) is 3.28. The van der Waals surface area contributed by atoms with Crippen molar-refractivity contribution in [2.45, 2.75) is 26.7 Å². The summed E-state index contributed by atoms with van der Waals surface area (Å²) in [6.07, 6.45) is 1.17. The number of nitrogens with zero attached hydrogens (tertiary/aromatic N) is 2. The minimum atomic E-state index is -0.880. The van der Waals surface area contributed by atoms with Crippen molar-refractivity contribution >= 4 is 11.9 Å². The summed E-state index contributed by atoms with van der Waals surface area (Å²) in [6.45, 7) is 4.50. The normalized spacial score (nSPS) is 19.1. The van der Waals surface area contributed by atoms with E-state index in [2.05, 4.69) is 10.4 Å². The zero-order valence-corrected chi connectivity index (χ0v) is 13.8. The molecule has 0 unspecified atom stereocenters. The largest absolute Gasteiger partial charge is 0.481 e. The number of benzene rings is 1. The number of aryl methyl sites for hydroxylation is 2. The number of carbonyl (C=O) groups is 2. The molecule has 1 amide bonds. The van der Waals surface area contributed by atoms with Gasteiger partial charge in [0.15, 0.2) is 0 Å². The summed E-state index contributed by atoms with van der Waals surface area (Å²) < 4.78 is 1.90. The van der Waals surface area contributed by atoms with Crippen LogP contribution in [0.5, 0.6) is 0 Å². The Bertz CT molecular complexity index is 764. The maximum absolute atomic E-state index is 11.8. The molecule has 3 rings (SSSR count). The quantitative estimate of drug-likeness (QED) is 0.848. The fraction of sp³-hybridized carbons (Fsp3) is 0.389. The Labute approximate surface area is 140 Å². The first-order valence-corrected chi connectivity index (χ1v) is 8.09. The molecule has 1 aromatic heterocycles. The number of carbonyl (C=O) groups excluding carboxylic acids is 1. The molecule has 0 radical (unpaired) electrons. The van der Waals surface area contributed by atoms with Crippen molar-refractivity contribution in [3.8, 4) is 5.69 Å². The molecule has 1 aromatic carbocycles. The fourth-order valence-corrected chi connectivity index (χ4v) is 2.91. The monoisotopic (exact) mass is 327 g/mol. The van der Waals surface area contributed by atoms with Crippen molar-refractivity contribution in [3.63, 3.8) is 0 Å². The standard InChI is InChI=1S/C18H21N3O3/c1-11-9-12(2)21(20-11)14-5-3-13(4-6-14)7-8-19-17(22)15-10-16(15)18(23)24/h3-6,9,15-16H,7-8,10H2,1-2H3,(H,19,22)(H,23,24)/t15-,16-/m1/s1. The number of hydrogen-bond donors (Lipinski definition) is 2. The highest BCUT2D eigenvalue weighted by Crippen LogP contribution is 2.38. The molecule has 6 heteroatoms. The first-order valence-electron chi connectivity index (χ1n) is 8.09. The zero-order chi connectivity index (χ0) is 17.3. The van der Waals surface area contributed by atoms with E-state index in [1.54, 1.807) is 0 Å². The molecule has 24 heavy (non-hydrogen) atoms. The second-order valence-electron chi connectivity index (χ2n) is 6.33. The van der Waals surface area contributed by atoms with Gasteiger partial charge in [0.05, 0.1) is 23.2 Å². The van der Waals surface area contributed by atoms with E-state index < -0.39 is 11.9 Å². The SMILES string of the molecule is Cc1cc(C)n(-c2ccc(CCNC(=O)[C@@H]3C[C@H]3C(=O)O)cc2)n1. The summed E-state index contributed by atoms with van der Waals surface area (Å²) in [6, 6.07) is 10.1. The van der Waals surface area contributed by atoms with E-state index >= 15 is 0 Å². The summed E-state index contributed by atoms with van der Waals surface area (Å²) >= 11 is 0. The predicted molar refractivity (Wildman–Crippen MR) is 89.0 cm³/mol. The van der Waals surface area contributed by atoms with Gasteiger partial charge in [0.25, 0.3) is 0 Å². The van der Waals surface area contributed by atoms with Crippen molar-refractivity contribution in [2.24, 2.45) is 11.8 Å². The number of hydrogen-bond acceptors (Lipinski definition) is 3. The third-order valence-corrected chi connectivity index (χ3v) is 4.35. The highest BCUT2D eigenvalue weighted by Gasteiger charge is 2.48. The van der Waals surface area contributed by atoms with Gasteiger partial charge in [-0.2, -0.15) is 5.10 Å². The Morgan fingerprint density at radius 2 is 1.96 bits per heavy atom. The molecule has 1 saturated carbocycles. The van der Waals surface area contributed by atoms with E-state index in [1.165, 1.54) is 0 Å². The van der Waals surface area contributed by atoms with Crippen LogP contribution in [0.15, 0.2) is 30.3 Å². The van der Waals surface area contributed by atoms with Crippen LogP contribution in [0.25, 0.3) is 5.69 Å². The average molecular weight is 327 g/mol. The Morgan fingerprint density at radius 3 is 2.50 bits per heavy atom. The highest BCUT2D eigenvalue weighted by molar-refractivity contribution is 5.89. The lowest BCUT2D eigenvalue weighted by molar-refractivity contribution is -0.140. The lowest BCUT2D eigenvalue weighted by Gasteiger charge is -2.07. The number of aromatic nitrogens is 2. The van der Waals surface area contributed by atoms with Crippen LogP contribution in [0.2, 0.25) is 0 Å². The minimum absolute atomic E-state index is 0.151. The van der Waals surface area contributed by atoms with E-state index in [1.807, 2.05) is 48.9 Å². The molecule has 1 heterocycles. The topological polar surface area (TPSA) is 84.2 Å².